The van der Waals surface area contributed by atoms with E-state index in [9.17, 15) is 4.79 Å². The van der Waals surface area contributed by atoms with Crippen LogP contribution in [0.5, 0.6) is 0 Å². The predicted octanol–water partition coefficient (Wildman–Crippen LogP) is 2.59. The Morgan fingerprint density at radius 1 is 1.42 bits per heavy atom. The van der Waals surface area contributed by atoms with Crippen molar-refractivity contribution in [3.63, 3.8) is 0 Å². The van der Waals surface area contributed by atoms with Gasteiger partial charge in [-0.2, -0.15) is 0 Å². The normalized spacial score (nSPS) is 11.5. The maximum absolute atomic E-state index is 10.9. The first kappa shape index (κ1) is 11.3. The number of carbonyl (C=O) groups is 1. The predicted molar refractivity (Wildman–Crippen MR) is 47.0 cm³/mol. The number of carbonyl (C=O) groups excluding carboxylic acids is 1. The van der Waals surface area contributed by atoms with Gasteiger partial charge in [-0.15, -0.1) is 0 Å². The summed E-state index contributed by atoms with van der Waals surface area (Å²) in [7, 11) is 0. The van der Waals surface area contributed by atoms with Gasteiger partial charge in [0.05, 0.1) is 6.61 Å². The van der Waals surface area contributed by atoms with Crippen molar-refractivity contribution in [2.24, 2.45) is 5.92 Å². The van der Waals surface area contributed by atoms with Crippen molar-refractivity contribution in [3.8, 4) is 0 Å². The summed E-state index contributed by atoms with van der Waals surface area (Å²) in [5.41, 5.74) is -0.452. The van der Waals surface area contributed by atoms with Crippen molar-refractivity contribution in [3.05, 3.63) is 0 Å². The van der Waals surface area contributed by atoms with Gasteiger partial charge in [0.2, 0.25) is 0 Å². The molecule has 0 fully saturated rings. The van der Waals surface area contributed by atoms with Gasteiger partial charge >= 0.3 is 6.16 Å². The Hall–Kier alpha value is -0.730. The quantitative estimate of drug-likeness (QED) is 0.617. The van der Waals surface area contributed by atoms with Crippen LogP contribution < -0.4 is 0 Å². The third kappa shape index (κ3) is 3.60. The van der Waals surface area contributed by atoms with E-state index in [4.69, 9.17) is 4.74 Å². The second-order valence-corrected chi connectivity index (χ2v) is 3.54. The minimum absolute atomic E-state index is 0.280. The molecule has 3 nitrogen and oxygen atoms in total. The molecule has 0 aromatic carbocycles. The first-order valence-corrected chi connectivity index (χ1v) is 4.26. The van der Waals surface area contributed by atoms with Gasteiger partial charge in [-0.3, -0.25) is 0 Å². The Bertz CT molecular complexity index is 150. The van der Waals surface area contributed by atoms with E-state index in [1.165, 1.54) is 0 Å². The molecule has 12 heavy (non-hydrogen) atoms. The van der Waals surface area contributed by atoms with Gasteiger partial charge in [-0.1, -0.05) is 13.8 Å². The van der Waals surface area contributed by atoms with E-state index >= 15 is 0 Å². The maximum atomic E-state index is 10.9. The highest BCUT2D eigenvalue weighted by atomic mass is 16.7. The van der Waals surface area contributed by atoms with E-state index in [1.807, 2.05) is 27.7 Å². The molecular formula is C9H18O3. The van der Waals surface area contributed by atoms with Crippen LogP contribution in [-0.2, 0) is 9.47 Å². The van der Waals surface area contributed by atoms with Crippen LogP contribution >= 0.6 is 0 Å². The summed E-state index contributed by atoms with van der Waals surface area (Å²) < 4.78 is 9.75. The second kappa shape index (κ2) is 4.33. The summed E-state index contributed by atoms with van der Waals surface area (Å²) in [5, 5.41) is 0. The minimum Gasteiger partial charge on any atom is -0.435 e. The number of hydrogen-bond acceptors (Lipinski definition) is 3. The van der Waals surface area contributed by atoms with E-state index in [1.54, 1.807) is 6.92 Å². The summed E-state index contributed by atoms with van der Waals surface area (Å²) in [5.74, 6) is 0.280. The monoisotopic (exact) mass is 174 g/mol. The molecule has 0 N–H and O–H groups in total. The number of rotatable bonds is 3. The second-order valence-electron chi connectivity index (χ2n) is 3.54. The molecule has 0 saturated heterocycles. The number of ether oxygens (including phenoxy) is 2. The molecule has 0 saturated carbocycles. The van der Waals surface area contributed by atoms with E-state index < -0.39 is 11.8 Å². The van der Waals surface area contributed by atoms with Crippen LogP contribution in [0, 0.1) is 5.92 Å². The SMILES string of the molecule is CCOC(=O)OC(C)(C)C(C)C. The summed E-state index contributed by atoms with van der Waals surface area (Å²) in [6.07, 6.45) is -0.587. The lowest BCUT2D eigenvalue weighted by Crippen LogP contribution is -2.33. The van der Waals surface area contributed by atoms with Crippen molar-refractivity contribution in [2.45, 2.75) is 40.2 Å². The molecular weight excluding hydrogens is 156 g/mol. The molecule has 0 aromatic rings. The fourth-order valence-electron chi connectivity index (χ4n) is 0.480. The molecule has 0 unspecified atom stereocenters. The third-order valence-corrected chi connectivity index (χ3v) is 2.00. The van der Waals surface area contributed by atoms with Crippen molar-refractivity contribution < 1.29 is 14.3 Å². The van der Waals surface area contributed by atoms with E-state index in [0.29, 0.717) is 6.61 Å². The fraction of sp³-hybridized carbons (Fsp3) is 0.889. The van der Waals surface area contributed by atoms with Gasteiger partial charge in [-0.25, -0.2) is 4.79 Å². The van der Waals surface area contributed by atoms with Crippen molar-refractivity contribution in [2.75, 3.05) is 6.61 Å². The van der Waals surface area contributed by atoms with Gasteiger partial charge in [0.1, 0.15) is 5.60 Å². The first-order chi connectivity index (χ1) is 5.40. The topological polar surface area (TPSA) is 35.5 Å². The average Bonchev–Trinajstić information content (AvgIpc) is 1.85. The van der Waals surface area contributed by atoms with Crippen LogP contribution in [0.15, 0.2) is 0 Å². The van der Waals surface area contributed by atoms with E-state index in [0.717, 1.165) is 0 Å². The van der Waals surface area contributed by atoms with Crippen LogP contribution in [0.4, 0.5) is 4.79 Å². The Labute approximate surface area is 74.0 Å². The van der Waals surface area contributed by atoms with Crippen molar-refractivity contribution >= 4 is 6.16 Å². The van der Waals surface area contributed by atoms with Crippen LogP contribution in [0.2, 0.25) is 0 Å². The molecule has 0 spiro atoms. The molecule has 0 radical (unpaired) electrons. The van der Waals surface area contributed by atoms with Crippen LogP contribution in [-0.4, -0.2) is 18.4 Å². The Morgan fingerprint density at radius 2 is 1.92 bits per heavy atom. The summed E-state index contributed by atoms with van der Waals surface area (Å²) >= 11 is 0. The van der Waals surface area contributed by atoms with Crippen LogP contribution in [0.1, 0.15) is 34.6 Å². The molecule has 72 valence electrons. The zero-order valence-corrected chi connectivity index (χ0v) is 8.51. The smallest absolute Gasteiger partial charge is 0.435 e. The molecule has 0 rings (SSSR count). The zero-order chi connectivity index (χ0) is 9.78. The highest BCUT2D eigenvalue weighted by Gasteiger charge is 2.27. The minimum atomic E-state index is -0.587. The standard InChI is InChI=1S/C9H18O3/c1-6-11-8(10)12-9(4,5)7(2)3/h7H,6H2,1-5H3. The third-order valence-electron chi connectivity index (χ3n) is 2.00. The maximum Gasteiger partial charge on any atom is 0.508 e. The molecule has 3 heteroatoms. The Kier molecular flexibility index (Phi) is 4.07. The molecule has 0 aromatic heterocycles. The lowest BCUT2D eigenvalue weighted by Gasteiger charge is -2.28. The van der Waals surface area contributed by atoms with Crippen molar-refractivity contribution in [1.82, 2.24) is 0 Å². The summed E-state index contributed by atoms with van der Waals surface area (Å²) in [6.45, 7) is 9.85. The van der Waals surface area contributed by atoms with Gasteiger partial charge in [0.25, 0.3) is 0 Å². The number of hydrogen-bond donors (Lipinski definition) is 0. The van der Waals surface area contributed by atoms with Gasteiger partial charge < -0.3 is 9.47 Å². The summed E-state index contributed by atoms with van der Waals surface area (Å²) in [6, 6.07) is 0. The van der Waals surface area contributed by atoms with Crippen LogP contribution in [0.3, 0.4) is 0 Å². The highest BCUT2D eigenvalue weighted by molar-refractivity contribution is 5.60. The fourth-order valence-corrected chi connectivity index (χ4v) is 0.480. The zero-order valence-electron chi connectivity index (χ0n) is 8.51. The highest BCUT2D eigenvalue weighted by Crippen LogP contribution is 2.20. The Balaban J connectivity index is 3.97. The lowest BCUT2D eigenvalue weighted by molar-refractivity contribution is -0.0378. The average molecular weight is 174 g/mol. The van der Waals surface area contributed by atoms with E-state index in [-0.39, 0.29) is 5.92 Å². The molecule has 0 amide bonds. The first-order valence-electron chi connectivity index (χ1n) is 4.26. The lowest BCUT2D eigenvalue weighted by atomic mass is 9.95. The summed E-state index contributed by atoms with van der Waals surface area (Å²) in [4.78, 5) is 10.9. The molecule has 0 aliphatic rings. The van der Waals surface area contributed by atoms with Gasteiger partial charge in [-0.05, 0) is 26.7 Å². The molecule has 0 bridgehead atoms. The Morgan fingerprint density at radius 3 is 2.25 bits per heavy atom. The largest absolute Gasteiger partial charge is 0.508 e. The molecule has 0 aliphatic heterocycles. The molecule has 0 atom stereocenters. The molecule has 0 aliphatic carbocycles. The van der Waals surface area contributed by atoms with Gasteiger partial charge in [0, 0.05) is 0 Å². The van der Waals surface area contributed by atoms with Crippen LogP contribution in [0.25, 0.3) is 0 Å². The van der Waals surface area contributed by atoms with Gasteiger partial charge in [0.15, 0.2) is 0 Å². The van der Waals surface area contributed by atoms with E-state index in [2.05, 4.69) is 4.74 Å². The van der Waals surface area contributed by atoms with Crippen molar-refractivity contribution in [1.29, 1.82) is 0 Å². The molecule has 0 heterocycles.